The second kappa shape index (κ2) is 5.35. The molecule has 1 N–H and O–H groups in total. The maximum atomic E-state index is 11.3. The lowest BCUT2D eigenvalue weighted by molar-refractivity contribution is -0.143. The molecule has 0 aromatic heterocycles. The third-order valence-corrected chi connectivity index (χ3v) is 2.89. The second-order valence-corrected chi connectivity index (χ2v) is 4.04. The van der Waals surface area contributed by atoms with Crippen LogP contribution in [0.4, 0.5) is 0 Å². The van der Waals surface area contributed by atoms with Crippen molar-refractivity contribution in [3.8, 4) is 0 Å². The quantitative estimate of drug-likeness (QED) is 0.662. The molecule has 14 heavy (non-hydrogen) atoms. The van der Waals surface area contributed by atoms with Crippen molar-refractivity contribution in [1.29, 1.82) is 0 Å². The minimum Gasteiger partial charge on any atom is -0.468 e. The van der Waals surface area contributed by atoms with Gasteiger partial charge < -0.3 is 10.1 Å². The van der Waals surface area contributed by atoms with Crippen LogP contribution in [0.15, 0.2) is 0 Å². The molecule has 0 saturated heterocycles. The minimum atomic E-state index is -0.130. The van der Waals surface area contributed by atoms with Gasteiger partial charge in [-0.05, 0) is 25.2 Å². The van der Waals surface area contributed by atoms with E-state index in [2.05, 4.69) is 12.2 Å². The van der Waals surface area contributed by atoms with Gasteiger partial charge in [-0.25, -0.2) is 0 Å². The molecule has 3 unspecified atom stereocenters. The van der Waals surface area contributed by atoms with Crippen LogP contribution in [0.3, 0.4) is 0 Å². The SMILES string of the molecule is CCCC1CC1NC(CC)C(=O)OC. The number of nitrogens with one attached hydrogen (secondary N) is 1. The Balaban J connectivity index is 2.25. The van der Waals surface area contributed by atoms with Crippen molar-refractivity contribution in [3.05, 3.63) is 0 Å². The van der Waals surface area contributed by atoms with E-state index in [0.717, 1.165) is 12.3 Å². The van der Waals surface area contributed by atoms with Gasteiger partial charge in [-0.1, -0.05) is 20.3 Å². The Hall–Kier alpha value is -0.570. The average molecular weight is 199 g/mol. The van der Waals surface area contributed by atoms with Gasteiger partial charge in [0.05, 0.1) is 7.11 Å². The maximum absolute atomic E-state index is 11.3. The van der Waals surface area contributed by atoms with Gasteiger partial charge >= 0.3 is 5.97 Å². The third-order valence-electron chi connectivity index (χ3n) is 2.89. The molecule has 0 spiro atoms. The van der Waals surface area contributed by atoms with E-state index >= 15 is 0 Å². The first-order chi connectivity index (χ1) is 6.72. The molecule has 1 saturated carbocycles. The number of hydrogen-bond donors (Lipinski definition) is 1. The van der Waals surface area contributed by atoms with Crippen LogP contribution in [0, 0.1) is 5.92 Å². The van der Waals surface area contributed by atoms with Crippen molar-refractivity contribution >= 4 is 5.97 Å². The Morgan fingerprint density at radius 2 is 2.29 bits per heavy atom. The molecule has 3 nitrogen and oxygen atoms in total. The molecule has 3 atom stereocenters. The summed E-state index contributed by atoms with van der Waals surface area (Å²) in [5.41, 5.74) is 0. The molecule has 0 heterocycles. The predicted octanol–water partition coefficient (Wildman–Crippen LogP) is 1.72. The smallest absolute Gasteiger partial charge is 0.322 e. The van der Waals surface area contributed by atoms with Crippen molar-refractivity contribution in [1.82, 2.24) is 5.32 Å². The third kappa shape index (κ3) is 2.98. The van der Waals surface area contributed by atoms with Crippen molar-refractivity contribution in [3.63, 3.8) is 0 Å². The first-order valence-electron chi connectivity index (χ1n) is 5.56. The van der Waals surface area contributed by atoms with E-state index in [4.69, 9.17) is 4.74 Å². The van der Waals surface area contributed by atoms with Gasteiger partial charge in [0.1, 0.15) is 6.04 Å². The lowest BCUT2D eigenvalue weighted by Gasteiger charge is -2.14. The van der Waals surface area contributed by atoms with Crippen molar-refractivity contribution < 1.29 is 9.53 Å². The van der Waals surface area contributed by atoms with E-state index < -0.39 is 0 Å². The lowest BCUT2D eigenvalue weighted by atomic mass is 10.2. The summed E-state index contributed by atoms with van der Waals surface area (Å²) in [6.07, 6.45) is 4.54. The molecule has 3 heteroatoms. The lowest BCUT2D eigenvalue weighted by Crippen LogP contribution is -2.39. The van der Waals surface area contributed by atoms with E-state index in [0.29, 0.717) is 6.04 Å². The van der Waals surface area contributed by atoms with Crippen molar-refractivity contribution in [2.75, 3.05) is 7.11 Å². The minimum absolute atomic E-state index is 0.105. The summed E-state index contributed by atoms with van der Waals surface area (Å²) in [4.78, 5) is 11.3. The fraction of sp³-hybridized carbons (Fsp3) is 0.909. The van der Waals surface area contributed by atoms with E-state index in [1.807, 2.05) is 6.92 Å². The van der Waals surface area contributed by atoms with Gasteiger partial charge in [0.15, 0.2) is 0 Å². The molecule has 0 radical (unpaired) electrons. The second-order valence-electron chi connectivity index (χ2n) is 4.04. The van der Waals surface area contributed by atoms with Crippen molar-refractivity contribution in [2.24, 2.45) is 5.92 Å². The number of carbonyl (C=O) groups excluding carboxylic acids is 1. The van der Waals surface area contributed by atoms with Crippen LogP contribution in [-0.4, -0.2) is 25.2 Å². The first-order valence-corrected chi connectivity index (χ1v) is 5.56. The molecule has 1 aliphatic carbocycles. The van der Waals surface area contributed by atoms with Crippen LogP contribution in [0.2, 0.25) is 0 Å². The number of rotatable bonds is 6. The van der Waals surface area contributed by atoms with Gasteiger partial charge in [-0.3, -0.25) is 4.79 Å². The van der Waals surface area contributed by atoms with Gasteiger partial charge in [0.25, 0.3) is 0 Å². The van der Waals surface area contributed by atoms with Crippen LogP contribution in [-0.2, 0) is 9.53 Å². The standard InChI is InChI=1S/C11H21NO2/c1-4-6-8-7-10(8)12-9(5-2)11(13)14-3/h8-10,12H,4-7H2,1-3H3. The maximum Gasteiger partial charge on any atom is 0.322 e. The fourth-order valence-electron chi connectivity index (χ4n) is 1.89. The zero-order valence-electron chi connectivity index (χ0n) is 9.38. The highest BCUT2D eigenvalue weighted by Gasteiger charge is 2.38. The number of esters is 1. The number of carbonyl (C=O) groups is 1. The van der Waals surface area contributed by atoms with Gasteiger partial charge in [0.2, 0.25) is 0 Å². The molecular weight excluding hydrogens is 178 g/mol. The molecular formula is C11H21NO2. The van der Waals surface area contributed by atoms with Crippen LogP contribution in [0.5, 0.6) is 0 Å². The summed E-state index contributed by atoms with van der Waals surface area (Å²) in [5, 5.41) is 3.35. The Labute approximate surface area is 86.2 Å². The normalized spacial score (nSPS) is 27.1. The molecule has 1 fully saturated rings. The summed E-state index contributed by atoms with van der Waals surface area (Å²) < 4.78 is 4.73. The predicted molar refractivity (Wildman–Crippen MR) is 56.0 cm³/mol. The monoisotopic (exact) mass is 199 g/mol. The number of ether oxygens (including phenoxy) is 1. The van der Waals surface area contributed by atoms with Crippen LogP contribution in [0.25, 0.3) is 0 Å². The van der Waals surface area contributed by atoms with E-state index in [9.17, 15) is 4.79 Å². The number of methoxy groups -OCH3 is 1. The highest BCUT2D eigenvalue weighted by Crippen LogP contribution is 2.35. The molecule has 82 valence electrons. The van der Waals surface area contributed by atoms with Crippen LogP contribution >= 0.6 is 0 Å². The van der Waals surface area contributed by atoms with Gasteiger partial charge in [-0.2, -0.15) is 0 Å². The van der Waals surface area contributed by atoms with Gasteiger partial charge in [-0.15, -0.1) is 0 Å². The molecule has 0 bridgehead atoms. The van der Waals surface area contributed by atoms with Crippen LogP contribution < -0.4 is 5.32 Å². The Kier molecular flexibility index (Phi) is 4.39. The van der Waals surface area contributed by atoms with E-state index in [1.165, 1.54) is 26.4 Å². The molecule has 0 aliphatic heterocycles. The summed E-state index contributed by atoms with van der Waals surface area (Å²) in [6.45, 7) is 4.21. The number of hydrogen-bond acceptors (Lipinski definition) is 3. The summed E-state index contributed by atoms with van der Waals surface area (Å²) in [7, 11) is 1.45. The summed E-state index contributed by atoms with van der Waals surface area (Å²) >= 11 is 0. The highest BCUT2D eigenvalue weighted by atomic mass is 16.5. The molecule has 1 rings (SSSR count). The topological polar surface area (TPSA) is 38.3 Å². The molecule has 0 aromatic carbocycles. The largest absolute Gasteiger partial charge is 0.468 e. The molecule has 0 aromatic rings. The Bertz CT molecular complexity index is 194. The Morgan fingerprint density at radius 3 is 2.79 bits per heavy atom. The zero-order chi connectivity index (χ0) is 10.6. The highest BCUT2D eigenvalue weighted by molar-refractivity contribution is 5.75. The van der Waals surface area contributed by atoms with Gasteiger partial charge in [0, 0.05) is 6.04 Å². The van der Waals surface area contributed by atoms with E-state index in [1.54, 1.807) is 0 Å². The van der Waals surface area contributed by atoms with E-state index in [-0.39, 0.29) is 12.0 Å². The summed E-state index contributed by atoms with van der Waals surface area (Å²) in [6, 6.07) is 0.450. The average Bonchev–Trinajstić information content (AvgIpc) is 2.92. The first kappa shape index (κ1) is 11.5. The Morgan fingerprint density at radius 1 is 1.57 bits per heavy atom. The molecule has 0 amide bonds. The van der Waals surface area contributed by atoms with Crippen molar-refractivity contribution in [2.45, 2.75) is 51.6 Å². The van der Waals surface area contributed by atoms with Crippen LogP contribution in [0.1, 0.15) is 39.5 Å². The fourth-order valence-corrected chi connectivity index (χ4v) is 1.89. The summed E-state index contributed by atoms with van der Waals surface area (Å²) in [5.74, 6) is 0.661. The molecule has 1 aliphatic rings. The zero-order valence-corrected chi connectivity index (χ0v) is 9.38.